The summed E-state index contributed by atoms with van der Waals surface area (Å²) in [7, 11) is 3.09. The molecule has 3 rings (SSSR count). The number of rotatable bonds is 7. The summed E-state index contributed by atoms with van der Waals surface area (Å²) in [5.41, 5.74) is 0.866. The van der Waals surface area contributed by atoms with Crippen molar-refractivity contribution in [2.75, 3.05) is 12.4 Å². The van der Waals surface area contributed by atoms with Crippen molar-refractivity contribution >= 4 is 17.3 Å². The molecular weight excluding hydrogens is 384 g/mol. The number of amides is 1. The van der Waals surface area contributed by atoms with Crippen LogP contribution in [-0.4, -0.2) is 28.8 Å². The average Bonchev–Trinajstić information content (AvgIpc) is 2.73. The first kappa shape index (κ1) is 20.9. The minimum Gasteiger partial charge on any atom is -0.493 e. The van der Waals surface area contributed by atoms with Crippen molar-refractivity contribution in [1.29, 1.82) is 0 Å². The van der Waals surface area contributed by atoms with E-state index in [2.05, 4.69) is 15.7 Å². The van der Waals surface area contributed by atoms with Crippen molar-refractivity contribution < 1.29 is 14.3 Å². The summed E-state index contributed by atoms with van der Waals surface area (Å²) in [5.74, 6) is 1.01. The molecule has 1 aromatic heterocycles. The summed E-state index contributed by atoms with van der Waals surface area (Å²) >= 11 is 0. The van der Waals surface area contributed by atoms with E-state index in [1.165, 1.54) is 18.0 Å². The zero-order valence-electron chi connectivity index (χ0n) is 17.3. The number of methoxy groups -OCH3 is 1. The van der Waals surface area contributed by atoms with Gasteiger partial charge in [0, 0.05) is 24.3 Å². The first-order valence-electron chi connectivity index (χ1n) is 9.44. The van der Waals surface area contributed by atoms with Gasteiger partial charge < -0.3 is 20.1 Å². The van der Waals surface area contributed by atoms with Crippen LogP contribution in [0.3, 0.4) is 0 Å². The molecule has 0 unspecified atom stereocenters. The average molecular weight is 408 g/mol. The van der Waals surface area contributed by atoms with Crippen molar-refractivity contribution in [3.63, 3.8) is 0 Å². The normalized spacial score (nSPS) is 10.6. The lowest BCUT2D eigenvalue weighted by atomic mass is 10.1. The van der Waals surface area contributed by atoms with Crippen LogP contribution in [0, 0.1) is 0 Å². The van der Waals surface area contributed by atoms with Gasteiger partial charge in [-0.15, -0.1) is 0 Å². The fraction of sp³-hybridized carbons (Fsp3) is 0.227. The Bertz CT molecular complexity index is 1110. The molecule has 0 spiro atoms. The van der Waals surface area contributed by atoms with Gasteiger partial charge in [-0.05, 0) is 44.2 Å². The molecule has 0 bridgehead atoms. The zero-order valence-corrected chi connectivity index (χ0v) is 17.3. The third-order valence-corrected chi connectivity index (χ3v) is 4.21. The van der Waals surface area contributed by atoms with Gasteiger partial charge in [-0.1, -0.05) is 18.2 Å². The number of nitrogens with zero attached hydrogens (tertiary/aromatic N) is 2. The molecular formula is C22H24N4O4. The van der Waals surface area contributed by atoms with Crippen LogP contribution in [0.15, 0.2) is 59.5 Å². The third-order valence-electron chi connectivity index (χ3n) is 4.21. The summed E-state index contributed by atoms with van der Waals surface area (Å²) in [5, 5.41) is 9.96. The Kier molecular flexibility index (Phi) is 6.36. The highest BCUT2D eigenvalue weighted by Crippen LogP contribution is 2.34. The van der Waals surface area contributed by atoms with Crippen molar-refractivity contribution in [2.24, 2.45) is 7.05 Å². The summed E-state index contributed by atoms with van der Waals surface area (Å²) in [4.78, 5) is 25.1. The second-order valence-corrected chi connectivity index (χ2v) is 6.90. The largest absolute Gasteiger partial charge is 0.493 e. The number of carbonyl (C=O) groups is 1. The Morgan fingerprint density at radius 1 is 1.07 bits per heavy atom. The minimum absolute atomic E-state index is 0.0162. The highest BCUT2D eigenvalue weighted by Gasteiger charge is 2.15. The van der Waals surface area contributed by atoms with E-state index in [-0.39, 0.29) is 28.9 Å². The standard InChI is InChI=1S/C22H24N4O4/c1-14(2)24-21(27)15-8-7-9-16(12-15)25-20-19(13-23-26(3)22(20)28)30-18-11-6-5-10-17(18)29-4/h5-14,25H,1-4H3,(H,24,27). The number of nitrogens with one attached hydrogen (secondary N) is 2. The molecule has 8 nitrogen and oxygen atoms in total. The summed E-state index contributed by atoms with van der Waals surface area (Å²) < 4.78 is 12.4. The van der Waals surface area contributed by atoms with Gasteiger partial charge in [-0.3, -0.25) is 9.59 Å². The van der Waals surface area contributed by atoms with Gasteiger partial charge in [0.25, 0.3) is 11.5 Å². The second-order valence-electron chi connectivity index (χ2n) is 6.90. The molecule has 1 amide bonds. The smallest absolute Gasteiger partial charge is 0.294 e. The van der Waals surface area contributed by atoms with Crippen LogP contribution < -0.4 is 25.7 Å². The molecule has 0 aliphatic rings. The van der Waals surface area contributed by atoms with E-state index < -0.39 is 0 Å². The first-order valence-corrected chi connectivity index (χ1v) is 9.44. The molecule has 1 heterocycles. The van der Waals surface area contributed by atoms with Gasteiger partial charge >= 0.3 is 0 Å². The van der Waals surface area contributed by atoms with E-state index in [1.54, 1.807) is 49.5 Å². The van der Waals surface area contributed by atoms with Crippen molar-refractivity contribution in [1.82, 2.24) is 15.1 Å². The molecule has 8 heteroatoms. The lowest BCUT2D eigenvalue weighted by Gasteiger charge is -2.15. The SMILES string of the molecule is COc1ccccc1Oc1cnn(C)c(=O)c1Nc1cccc(C(=O)NC(C)C)c1. The first-order chi connectivity index (χ1) is 14.4. The summed E-state index contributed by atoms with van der Waals surface area (Å²) in [6, 6.07) is 14.0. The number of ether oxygens (including phenoxy) is 2. The topological polar surface area (TPSA) is 94.5 Å². The number of hydrogen-bond acceptors (Lipinski definition) is 6. The summed E-state index contributed by atoms with van der Waals surface area (Å²) in [6.07, 6.45) is 1.45. The van der Waals surface area contributed by atoms with E-state index in [4.69, 9.17) is 9.47 Å². The Balaban J connectivity index is 1.96. The number of aromatic nitrogens is 2. The number of para-hydroxylation sites is 2. The molecule has 0 fully saturated rings. The Hall–Kier alpha value is -3.81. The Morgan fingerprint density at radius 3 is 2.50 bits per heavy atom. The highest BCUT2D eigenvalue weighted by atomic mass is 16.5. The fourth-order valence-electron chi connectivity index (χ4n) is 2.77. The predicted octanol–water partition coefficient (Wildman–Crippen LogP) is 3.46. The van der Waals surface area contributed by atoms with Gasteiger partial charge in [0.1, 0.15) is 0 Å². The lowest BCUT2D eigenvalue weighted by Crippen LogP contribution is -2.30. The summed E-state index contributed by atoms with van der Waals surface area (Å²) in [6.45, 7) is 3.78. The van der Waals surface area contributed by atoms with E-state index in [9.17, 15) is 9.59 Å². The van der Waals surface area contributed by atoms with E-state index in [0.717, 1.165) is 0 Å². The van der Waals surface area contributed by atoms with Crippen molar-refractivity contribution in [3.05, 3.63) is 70.6 Å². The molecule has 2 N–H and O–H groups in total. The Labute approximate surface area is 174 Å². The fourth-order valence-corrected chi connectivity index (χ4v) is 2.77. The van der Waals surface area contributed by atoms with Crippen LogP contribution in [0.2, 0.25) is 0 Å². The second kappa shape index (κ2) is 9.13. The van der Waals surface area contributed by atoms with Crippen LogP contribution >= 0.6 is 0 Å². The Morgan fingerprint density at radius 2 is 1.80 bits per heavy atom. The van der Waals surface area contributed by atoms with Crippen molar-refractivity contribution in [2.45, 2.75) is 19.9 Å². The van der Waals surface area contributed by atoms with Crippen molar-refractivity contribution in [3.8, 4) is 17.2 Å². The lowest BCUT2D eigenvalue weighted by molar-refractivity contribution is 0.0943. The molecule has 0 atom stereocenters. The van der Waals surface area contributed by atoms with Crippen LogP contribution in [0.1, 0.15) is 24.2 Å². The minimum atomic E-state index is -0.376. The molecule has 30 heavy (non-hydrogen) atoms. The number of carbonyl (C=O) groups excluding carboxylic acids is 1. The highest BCUT2D eigenvalue weighted by molar-refractivity contribution is 5.95. The maximum absolute atomic E-state index is 12.8. The van der Waals surface area contributed by atoms with Crippen LogP contribution in [0.25, 0.3) is 0 Å². The quantitative estimate of drug-likeness (QED) is 0.622. The molecule has 0 aliphatic heterocycles. The van der Waals surface area contributed by atoms with Gasteiger partial charge in [-0.25, -0.2) is 4.68 Å². The van der Waals surface area contributed by atoms with E-state index >= 15 is 0 Å². The van der Waals surface area contributed by atoms with Crippen LogP contribution in [0.5, 0.6) is 17.2 Å². The molecule has 0 saturated carbocycles. The third kappa shape index (κ3) is 4.78. The monoisotopic (exact) mass is 408 g/mol. The maximum Gasteiger partial charge on any atom is 0.294 e. The molecule has 0 saturated heterocycles. The van der Waals surface area contributed by atoms with Crippen LogP contribution in [0.4, 0.5) is 11.4 Å². The molecule has 0 radical (unpaired) electrons. The molecule has 156 valence electrons. The van der Waals surface area contributed by atoms with Gasteiger partial charge in [0.2, 0.25) is 0 Å². The zero-order chi connectivity index (χ0) is 21.7. The number of anilines is 2. The maximum atomic E-state index is 12.8. The number of aryl methyl sites for hydroxylation is 1. The molecule has 0 aliphatic carbocycles. The van der Waals surface area contributed by atoms with Gasteiger partial charge in [-0.2, -0.15) is 5.10 Å². The number of benzene rings is 2. The van der Waals surface area contributed by atoms with Crippen LogP contribution in [-0.2, 0) is 7.05 Å². The van der Waals surface area contributed by atoms with Gasteiger partial charge in [0.05, 0.1) is 13.3 Å². The van der Waals surface area contributed by atoms with E-state index in [1.807, 2.05) is 19.9 Å². The predicted molar refractivity (Wildman–Crippen MR) is 115 cm³/mol. The van der Waals surface area contributed by atoms with Gasteiger partial charge in [0.15, 0.2) is 22.9 Å². The molecule has 3 aromatic rings. The molecule has 2 aromatic carbocycles. The number of hydrogen-bond donors (Lipinski definition) is 2. The van der Waals surface area contributed by atoms with E-state index in [0.29, 0.717) is 22.7 Å².